The van der Waals surface area contributed by atoms with E-state index in [1.165, 1.54) is 31.3 Å². The van der Waals surface area contributed by atoms with Gasteiger partial charge in [0, 0.05) is 5.92 Å². The lowest BCUT2D eigenvalue weighted by Gasteiger charge is -2.57. The first-order chi connectivity index (χ1) is 13.7. The minimum atomic E-state index is -0.248. The third kappa shape index (κ3) is 3.48. The Morgan fingerprint density at radius 1 is 1.10 bits per heavy atom. The van der Waals surface area contributed by atoms with Crippen molar-refractivity contribution < 1.29 is 9.90 Å². The first kappa shape index (κ1) is 21.3. The summed E-state index contributed by atoms with van der Waals surface area (Å²) in [7, 11) is 0. The summed E-state index contributed by atoms with van der Waals surface area (Å²) in [5.74, 6) is 3.66. The molecule has 29 heavy (non-hydrogen) atoms. The Bertz CT molecular complexity index is 703. The molecular weight excluding hydrogens is 356 g/mol. The van der Waals surface area contributed by atoms with Gasteiger partial charge in [-0.3, -0.25) is 4.79 Å². The van der Waals surface area contributed by atoms with Gasteiger partial charge in [-0.15, -0.1) is 0 Å². The molecule has 3 fully saturated rings. The number of ketones is 1. The van der Waals surface area contributed by atoms with Crippen molar-refractivity contribution in [2.75, 3.05) is 0 Å². The van der Waals surface area contributed by atoms with Crippen LogP contribution in [0.3, 0.4) is 0 Å². The van der Waals surface area contributed by atoms with Gasteiger partial charge in [0.2, 0.25) is 0 Å². The standard InChI is InChI=1S/C27H42O2/c1-17(2)7-6-8-18(3)21-9-10-22-25-23(12-14-27(21,22)5)26(4)13-11-20(28)15-19(26)16-24(25)29/h6,8,16-18,20-23,25,28H,7,9-15H2,1-5H3/b8-6+/t18-,20+,21-,22+,23+,25+,26+,27-/m1/s1. The van der Waals surface area contributed by atoms with Gasteiger partial charge in [-0.2, -0.15) is 0 Å². The van der Waals surface area contributed by atoms with E-state index in [4.69, 9.17) is 0 Å². The molecule has 4 aliphatic carbocycles. The normalized spacial score (nSPS) is 45.7. The fraction of sp³-hybridized carbons (Fsp3) is 0.815. The highest BCUT2D eigenvalue weighted by molar-refractivity contribution is 5.94. The molecule has 1 N–H and O–H groups in total. The number of allylic oxidation sites excluding steroid dienone is 3. The summed E-state index contributed by atoms with van der Waals surface area (Å²) in [6.07, 6.45) is 15.4. The summed E-state index contributed by atoms with van der Waals surface area (Å²) in [6.45, 7) is 11.9. The minimum Gasteiger partial charge on any atom is -0.393 e. The smallest absolute Gasteiger partial charge is 0.159 e. The summed E-state index contributed by atoms with van der Waals surface area (Å²) in [6, 6.07) is 0. The molecule has 0 radical (unpaired) electrons. The first-order valence-corrected chi connectivity index (χ1v) is 12.3. The van der Waals surface area contributed by atoms with Gasteiger partial charge in [-0.05, 0) is 97.9 Å². The van der Waals surface area contributed by atoms with Crippen molar-refractivity contribution in [3.63, 3.8) is 0 Å². The van der Waals surface area contributed by atoms with E-state index in [0.717, 1.165) is 25.2 Å². The number of rotatable bonds is 4. The van der Waals surface area contributed by atoms with Crippen LogP contribution in [0.4, 0.5) is 0 Å². The molecule has 0 heterocycles. The molecule has 4 rings (SSSR count). The average molecular weight is 399 g/mol. The van der Waals surface area contributed by atoms with Gasteiger partial charge in [0.25, 0.3) is 0 Å². The number of aliphatic hydroxyl groups excluding tert-OH is 1. The number of carbonyl (C=O) groups is 1. The van der Waals surface area contributed by atoms with Crippen molar-refractivity contribution >= 4 is 5.78 Å². The Hall–Kier alpha value is -0.890. The molecule has 0 saturated heterocycles. The molecule has 3 saturated carbocycles. The van der Waals surface area contributed by atoms with E-state index in [9.17, 15) is 9.90 Å². The zero-order valence-electron chi connectivity index (χ0n) is 19.3. The Morgan fingerprint density at radius 3 is 2.59 bits per heavy atom. The Kier molecular flexibility index (Phi) is 5.64. The fourth-order valence-electron chi connectivity index (χ4n) is 7.99. The second-order valence-electron chi connectivity index (χ2n) is 11.8. The molecular formula is C27H42O2. The Balaban J connectivity index is 1.58. The lowest BCUT2D eigenvalue weighted by atomic mass is 9.46. The molecule has 4 aliphatic rings. The summed E-state index contributed by atoms with van der Waals surface area (Å²) < 4.78 is 0. The maximum absolute atomic E-state index is 13.4. The predicted molar refractivity (Wildman–Crippen MR) is 119 cm³/mol. The van der Waals surface area contributed by atoms with Crippen molar-refractivity contribution in [3.8, 4) is 0 Å². The van der Waals surface area contributed by atoms with Crippen LogP contribution in [0.25, 0.3) is 0 Å². The Morgan fingerprint density at radius 2 is 1.86 bits per heavy atom. The molecule has 0 spiro atoms. The molecule has 0 bridgehead atoms. The van der Waals surface area contributed by atoms with E-state index in [1.54, 1.807) is 0 Å². The maximum atomic E-state index is 13.4. The first-order valence-electron chi connectivity index (χ1n) is 12.3. The minimum absolute atomic E-state index is 0.139. The highest BCUT2D eigenvalue weighted by atomic mass is 16.3. The van der Waals surface area contributed by atoms with Gasteiger partial charge in [0.05, 0.1) is 6.10 Å². The van der Waals surface area contributed by atoms with E-state index >= 15 is 0 Å². The zero-order valence-corrected chi connectivity index (χ0v) is 19.3. The van der Waals surface area contributed by atoms with Crippen molar-refractivity contribution in [2.24, 2.45) is 46.3 Å². The number of aliphatic hydroxyl groups is 1. The maximum Gasteiger partial charge on any atom is 0.159 e. The molecule has 0 unspecified atom stereocenters. The van der Waals surface area contributed by atoms with E-state index in [1.807, 2.05) is 6.08 Å². The summed E-state index contributed by atoms with van der Waals surface area (Å²) in [5, 5.41) is 10.2. The molecule has 0 amide bonds. The number of fused-ring (bicyclic) bond motifs is 5. The quantitative estimate of drug-likeness (QED) is 0.561. The highest BCUT2D eigenvalue weighted by Gasteiger charge is 2.61. The van der Waals surface area contributed by atoms with E-state index < -0.39 is 0 Å². The molecule has 0 aromatic carbocycles. The van der Waals surface area contributed by atoms with Crippen LogP contribution in [-0.2, 0) is 4.79 Å². The lowest BCUT2D eigenvalue weighted by molar-refractivity contribution is -0.134. The second kappa shape index (κ2) is 7.66. The predicted octanol–water partition coefficient (Wildman–Crippen LogP) is 6.34. The third-order valence-electron chi connectivity index (χ3n) is 9.68. The monoisotopic (exact) mass is 398 g/mol. The molecule has 162 valence electrons. The van der Waals surface area contributed by atoms with Crippen LogP contribution in [0.15, 0.2) is 23.8 Å². The van der Waals surface area contributed by atoms with E-state index in [-0.39, 0.29) is 17.4 Å². The summed E-state index contributed by atoms with van der Waals surface area (Å²) >= 11 is 0. The van der Waals surface area contributed by atoms with Crippen LogP contribution < -0.4 is 0 Å². The zero-order chi connectivity index (χ0) is 21.0. The topological polar surface area (TPSA) is 37.3 Å². The van der Waals surface area contributed by atoms with Gasteiger partial charge < -0.3 is 5.11 Å². The second-order valence-corrected chi connectivity index (χ2v) is 11.8. The summed E-state index contributed by atoms with van der Waals surface area (Å²) in [5.41, 5.74) is 1.69. The summed E-state index contributed by atoms with van der Waals surface area (Å²) in [4.78, 5) is 13.4. The molecule has 0 aliphatic heterocycles. The van der Waals surface area contributed by atoms with Crippen LogP contribution in [0, 0.1) is 46.3 Å². The number of carbonyl (C=O) groups excluding carboxylic acids is 1. The SMILES string of the molecule is CC(C)C/C=C/[C@@H](C)[C@H]1CC[C@H]2[C@@H]3C(=O)C=C4C[C@@H](O)CC[C@]4(C)[C@H]3CC[C@]12C. The van der Waals surface area contributed by atoms with Crippen molar-refractivity contribution in [2.45, 2.75) is 92.1 Å². The molecule has 2 nitrogen and oxygen atoms in total. The van der Waals surface area contributed by atoms with Crippen LogP contribution in [0.1, 0.15) is 86.0 Å². The average Bonchev–Trinajstić information content (AvgIpc) is 3.00. The van der Waals surface area contributed by atoms with Crippen molar-refractivity contribution in [1.29, 1.82) is 0 Å². The van der Waals surface area contributed by atoms with Crippen LogP contribution in [-0.4, -0.2) is 17.0 Å². The number of hydrogen-bond acceptors (Lipinski definition) is 2. The lowest BCUT2D eigenvalue weighted by Crippen LogP contribution is -2.53. The third-order valence-corrected chi connectivity index (χ3v) is 9.68. The largest absolute Gasteiger partial charge is 0.393 e. The van der Waals surface area contributed by atoms with Gasteiger partial charge >= 0.3 is 0 Å². The number of hydrogen-bond donors (Lipinski definition) is 1. The molecule has 8 atom stereocenters. The van der Waals surface area contributed by atoms with Gasteiger partial charge in [0.1, 0.15) is 0 Å². The van der Waals surface area contributed by atoms with E-state index in [2.05, 4.69) is 46.8 Å². The molecule has 2 heteroatoms. The van der Waals surface area contributed by atoms with Gasteiger partial charge in [-0.1, -0.05) is 52.3 Å². The van der Waals surface area contributed by atoms with Crippen molar-refractivity contribution in [1.82, 2.24) is 0 Å². The van der Waals surface area contributed by atoms with Crippen LogP contribution >= 0.6 is 0 Å². The van der Waals surface area contributed by atoms with Gasteiger partial charge in [-0.25, -0.2) is 0 Å². The molecule has 0 aromatic heterocycles. The van der Waals surface area contributed by atoms with Gasteiger partial charge in [0.15, 0.2) is 5.78 Å². The van der Waals surface area contributed by atoms with E-state index in [0.29, 0.717) is 41.3 Å². The fourth-order valence-corrected chi connectivity index (χ4v) is 7.99. The highest BCUT2D eigenvalue weighted by Crippen LogP contribution is 2.66. The Labute approximate surface area is 178 Å². The molecule has 0 aromatic rings. The van der Waals surface area contributed by atoms with Crippen molar-refractivity contribution in [3.05, 3.63) is 23.8 Å². The van der Waals surface area contributed by atoms with Crippen LogP contribution in [0.2, 0.25) is 0 Å². The van der Waals surface area contributed by atoms with Crippen LogP contribution in [0.5, 0.6) is 0 Å².